The zero-order chi connectivity index (χ0) is 14.5. The van der Waals surface area contributed by atoms with Crippen LogP contribution in [0.1, 0.15) is 31.0 Å². The van der Waals surface area contributed by atoms with E-state index in [0.29, 0.717) is 11.3 Å². The minimum absolute atomic E-state index is 0.104. The van der Waals surface area contributed by atoms with Crippen LogP contribution in [-0.4, -0.2) is 7.11 Å². The maximum absolute atomic E-state index is 14.0. The van der Waals surface area contributed by atoms with Gasteiger partial charge in [-0.05, 0) is 37.1 Å². The van der Waals surface area contributed by atoms with Gasteiger partial charge in [0.2, 0.25) is 0 Å². The quantitative estimate of drug-likeness (QED) is 0.861. The average molecular weight is 273 g/mol. The molecule has 2 rings (SSSR count). The molecule has 0 saturated carbocycles. The summed E-state index contributed by atoms with van der Waals surface area (Å²) in [6.45, 7) is 4.06. The second kappa shape index (κ2) is 6.42. The molecular formula is C17H20FNO. The largest absolute Gasteiger partial charge is 0.497 e. The minimum Gasteiger partial charge on any atom is -0.497 e. The molecule has 1 unspecified atom stereocenters. The van der Waals surface area contributed by atoms with Crippen LogP contribution in [0.25, 0.3) is 0 Å². The van der Waals surface area contributed by atoms with Gasteiger partial charge < -0.3 is 10.1 Å². The molecule has 0 radical (unpaired) electrons. The van der Waals surface area contributed by atoms with E-state index in [0.717, 1.165) is 12.1 Å². The summed E-state index contributed by atoms with van der Waals surface area (Å²) in [6.07, 6.45) is 0.987. The van der Waals surface area contributed by atoms with Crippen LogP contribution in [0.2, 0.25) is 0 Å². The Labute approximate surface area is 119 Å². The average Bonchev–Trinajstić information content (AvgIpc) is 2.47. The monoisotopic (exact) mass is 273 g/mol. The van der Waals surface area contributed by atoms with Gasteiger partial charge in [-0.1, -0.05) is 25.1 Å². The van der Waals surface area contributed by atoms with Crippen LogP contribution in [0.3, 0.4) is 0 Å². The number of hydrogen-bond donors (Lipinski definition) is 1. The fourth-order valence-electron chi connectivity index (χ4n) is 2.19. The van der Waals surface area contributed by atoms with Gasteiger partial charge in [0.15, 0.2) is 0 Å². The second-order valence-electron chi connectivity index (χ2n) is 4.81. The Hall–Kier alpha value is -2.03. The first-order valence-corrected chi connectivity index (χ1v) is 6.83. The Kier molecular flexibility index (Phi) is 4.61. The Morgan fingerprint density at radius 1 is 1.20 bits per heavy atom. The highest BCUT2D eigenvalue weighted by Crippen LogP contribution is 2.25. The summed E-state index contributed by atoms with van der Waals surface area (Å²) in [5.74, 6) is 0.280. The Morgan fingerprint density at radius 3 is 2.65 bits per heavy atom. The lowest BCUT2D eigenvalue weighted by molar-refractivity contribution is 0.410. The first kappa shape index (κ1) is 14.4. The number of benzene rings is 2. The number of methoxy groups -OCH3 is 1. The van der Waals surface area contributed by atoms with E-state index >= 15 is 0 Å². The van der Waals surface area contributed by atoms with Crippen molar-refractivity contribution < 1.29 is 9.13 Å². The second-order valence-corrected chi connectivity index (χ2v) is 4.81. The molecule has 0 aliphatic carbocycles. The van der Waals surface area contributed by atoms with Crippen molar-refractivity contribution in [2.45, 2.75) is 26.3 Å². The summed E-state index contributed by atoms with van der Waals surface area (Å²) in [6, 6.07) is 13.0. The molecule has 0 spiro atoms. The third kappa shape index (κ3) is 3.29. The molecule has 1 atom stereocenters. The van der Waals surface area contributed by atoms with Crippen LogP contribution in [0.4, 0.5) is 10.1 Å². The van der Waals surface area contributed by atoms with Gasteiger partial charge >= 0.3 is 0 Å². The topological polar surface area (TPSA) is 21.3 Å². The SMILES string of the molecule is CCc1cccc(NC(C)c2ccc(OC)cc2F)c1. The number of nitrogens with one attached hydrogen (secondary N) is 1. The smallest absolute Gasteiger partial charge is 0.132 e. The van der Waals surface area contributed by atoms with E-state index in [1.807, 2.05) is 19.1 Å². The van der Waals surface area contributed by atoms with Crippen LogP contribution >= 0.6 is 0 Å². The number of ether oxygens (including phenoxy) is 1. The molecule has 0 aromatic heterocycles. The fraction of sp³-hybridized carbons (Fsp3) is 0.294. The van der Waals surface area contributed by atoms with Crippen molar-refractivity contribution in [3.8, 4) is 5.75 Å². The highest BCUT2D eigenvalue weighted by Gasteiger charge is 2.11. The molecule has 0 bridgehead atoms. The van der Waals surface area contributed by atoms with Crippen molar-refractivity contribution in [2.75, 3.05) is 12.4 Å². The molecule has 0 saturated heterocycles. The maximum Gasteiger partial charge on any atom is 0.132 e. The number of aryl methyl sites for hydroxylation is 1. The van der Waals surface area contributed by atoms with E-state index in [2.05, 4.69) is 24.4 Å². The molecule has 0 aliphatic heterocycles. The molecule has 2 aromatic carbocycles. The Morgan fingerprint density at radius 2 is 2.00 bits per heavy atom. The van der Waals surface area contributed by atoms with E-state index in [1.54, 1.807) is 12.1 Å². The highest BCUT2D eigenvalue weighted by molar-refractivity contribution is 5.48. The van der Waals surface area contributed by atoms with E-state index in [-0.39, 0.29) is 11.9 Å². The van der Waals surface area contributed by atoms with E-state index < -0.39 is 0 Å². The van der Waals surface area contributed by atoms with Crippen molar-refractivity contribution in [2.24, 2.45) is 0 Å². The summed E-state index contributed by atoms with van der Waals surface area (Å²) in [5, 5.41) is 3.33. The van der Waals surface area contributed by atoms with Gasteiger partial charge in [-0.2, -0.15) is 0 Å². The molecule has 0 amide bonds. The third-order valence-electron chi connectivity index (χ3n) is 3.39. The number of anilines is 1. The standard InChI is InChI=1S/C17H20FNO/c1-4-13-6-5-7-14(10-13)19-12(2)16-9-8-15(20-3)11-17(16)18/h5-12,19H,4H2,1-3H3. The van der Waals surface area contributed by atoms with Gasteiger partial charge in [0.1, 0.15) is 11.6 Å². The molecule has 20 heavy (non-hydrogen) atoms. The van der Waals surface area contributed by atoms with Crippen molar-refractivity contribution in [1.29, 1.82) is 0 Å². The van der Waals surface area contributed by atoms with Crippen LogP contribution in [0.5, 0.6) is 5.75 Å². The molecule has 106 valence electrons. The zero-order valence-electron chi connectivity index (χ0n) is 12.1. The van der Waals surface area contributed by atoms with Crippen molar-refractivity contribution in [1.82, 2.24) is 0 Å². The molecule has 2 nitrogen and oxygen atoms in total. The lowest BCUT2D eigenvalue weighted by Crippen LogP contribution is -2.09. The van der Waals surface area contributed by atoms with Crippen LogP contribution in [0.15, 0.2) is 42.5 Å². The van der Waals surface area contributed by atoms with Gasteiger partial charge in [0.05, 0.1) is 13.2 Å². The summed E-state index contributed by atoms with van der Waals surface area (Å²) in [7, 11) is 1.53. The maximum atomic E-state index is 14.0. The normalized spacial score (nSPS) is 12.0. The Bertz CT molecular complexity index is 583. The van der Waals surface area contributed by atoms with Crippen molar-refractivity contribution in [3.63, 3.8) is 0 Å². The summed E-state index contributed by atoms with van der Waals surface area (Å²) in [5.41, 5.74) is 2.90. The third-order valence-corrected chi connectivity index (χ3v) is 3.39. The predicted octanol–water partition coefficient (Wildman–Crippen LogP) is 4.57. The zero-order valence-corrected chi connectivity index (χ0v) is 12.1. The lowest BCUT2D eigenvalue weighted by Gasteiger charge is -2.17. The molecule has 0 fully saturated rings. The number of halogens is 1. The fourth-order valence-corrected chi connectivity index (χ4v) is 2.19. The van der Waals surface area contributed by atoms with Gasteiger partial charge in [-0.25, -0.2) is 4.39 Å². The van der Waals surface area contributed by atoms with Gasteiger partial charge in [0.25, 0.3) is 0 Å². The molecule has 0 aliphatic rings. The molecule has 0 heterocycles. The predicted molar refractivity (Wildman–Crippen MR) is 80.8 cm³/mol. The minimum atomic E-state index is -0.254. The molecule has 2 aromatic rings. The van der Waals surface area contributed by atoms with E-state index in [1.165, 1.54) is 18.7 Å². The van der Waals surface area contributed by atoms with E-state index in [9.17, 15) is 4.39 Å². The van der Waals surface area contributed by atoms with E-state index in [4.69, 9.17) is 4.74 Å². The molecule has 1 N–H and O–H groups in total. The summed E-state index contributed by atoms with van der Waals surface area (Å²) >= 11 is 0. The number of hydrogen-bond acceptors (Lipinski definition) is 2. The van der Waals surface area contributed by atoms with Gasteiger partial charge in [-0.15, -0.1) is 0 Å². The van der Waals surface area contributed by atoms with Crippen LogP contribution in [-0.2, 0) is 6.42 Å². The van der Waals surface area contributed by atoms with Crippen LogP contribution in [0, 0.1) is 5.82 Å². The number of rotatable bonds is 5. The summed E-state index contributed by atoms with van der Waals surface area (Å²) in [4.78, 5) is 0. The first-order valence-electron chi connectivity index (χ1n) is 6.83. The van der Waals surface area contributed by atoms with Crippen molar-refractivity contribution in [3.05, 3.63) is 59.4 Å². The molecular weight excluding hydrogens is 253 g/mol. The van der Waals surface area contributed by atoms with Crippen LogP contribution < -0.4 is 10.1 Å². The molecule has 3 heteroatoms. The van der Waals surface area contributed by atoms with Crippen molar-refractivity contribution >= 4 is 5.69 Å². The first-order chi connectivity index (χ1) is 9.63. The lowest BCUT2D eigenvalue weighted by atomic mass is 10.1. The Balaban J connectivity index is 2.16. The highest BCUT2D eigenvalue weighted by atomic mass is 19.1. The van der Waals surface area contributed by atoms with Gasteiger partial charge in [-0.3, -0.25) is 0 Å². The summed E-state index contributed by atoms with van der Waals surface area (Å²) < 4.78 is 19.0. The van der Waals surface area contributed by atoms with Gasteiger partial charge in [0, 0.05) is 17.3 Å².